The first-order valence-electron chi connectivity index (χ1n) is 7.41. The van der Waals surface area contributed by atoms with E-state index in [9.17, 15) is 13.2 Å². The quantitative estimate of drug-likeness (QED) is 0.884. The number of hydrogen-bond donors (Lipinski definition) is 1. The van der Waals surface area contributed by atoms with Crippen LogP contribution in [0.15, 0.2) is 41.4 Å². The van der Waals surface area contributed by atoms with Gasteiger partial charge in [-0.3, -0.25) is 9.48 Å². The zero-order valence-electron chi connectivity index (χ0n) is 13.0. The summed E-state index contributed by atoms with van der Waals surface area (Å²) in [6.45, 7) is 0.355. The van der Waals surface area contributed by atoms with Gasteiger partial charge in [0.1, 0.15) is 4.90 Å². The van der Waals surface area contributed by atoms with Gasteiger partial charge < -0.3 is 5.32 Å². The molecule has 0 bridgehead atoms. The molecule has 128 valence electrons. The van der Waals surface area contributed by atoms with Gasteiger partial charge in [-0.1, -0.05) is 23.7 Å². The minimum atomic E-state index is -3.76. The smallest absolute Gasteiger partial charge is 0.244 e. The molecule has 1 atom stereocenters. The number of hydrogen-bond acceptors (Lipinski definition) is 4. The van der Waals surface area contributed by atoms with Crippen LogP contribution in [0.2, 0.25) is 5.02 Å². The summed E-state index contributed by atoms with van der Waals surface area (Å²) >= 11 is 6.06. The van der Waals surface area contributed by atoms with Gasteiger partial charge in [0.25, 0.3) is 0 Å². The number of rotatable bonds is 4. The van der Waals surface area contributed by atoms with Crippen LogP contribution in [-0.2, 0) is 21.4 Å². The van der Waals surface area contributed by atoms with Gasteiger partial charge in [-0.25, -0.2) is 8.42 Å². The van der Waals surface area contributed by atoms with Crippen molar-refractivity contribution in [1.29, 1.82) is 0 Å². The third kappa shape index (κ3) is 3.04. The van der Waals surface area contributed by atoms with Gasteiger partial charge in [0.15, 0.2) is 0 Å². The lowest BCUT2D eigenvalue weighted by Crippen LogP contribution is -2.42. The fourth-order valence-electron chi connectivity index (χ4n) is 2.80. The number of aromatic nitrogens is 2. The second-order valence-corrected chi connectivity index (χ2v) is 7.84. The maximum atomic E-state index is 13.0. The molecular formula is C15H17ClN4O3S. The van der Waals surface area contributed by atoms with Gasteiger partial charge in [0.2, 0.25) is 15.9 Å². The van der Waals surface area contributed by atoms with Crippen LogP contribution in [0, 0.1) is 0 Å². The van der Waals surface area contributed by atoms with Crippen LogP contribution in [0.5, 0.6) is 0 Å². The SMILES string of the molecule is CNC(=O)C[C@H]1CN(S(=O)(=O)c2ccccc2Cl)Cc2ccnn21. The summed E-state index contributed by atoms with van der Waals surface area (Å²) in [5.74, 6) is -0.168. The molecule has 0 saturated carbocycles. The Morgan fingerprint density at radius 2 is 2.12 bits per heavy atom. The number of fused-ring (bicyclic) bond motifs is 1. The van der Waals surface area contributed by atoms with E-state index in [2.05, 4.69) is 10.4 Å². The molecule has 1 aromatic carbocycles. The maximum absolute atomic E-state index is 13.0. The molecule has 2 aromatic rings. The second kappa shape index (κ2) is 6.54. The first-order chi connectivity index (χ1) is 11.4. The highest BCUT2D eigenvalue weighted by Gasteiger charge is 2.35. The van der Waals surface area contributed by atoms with Crippen molar-refractivity contribution in [3.63, 3.8) is 0 Å². The number of sulfonamides is 1. The predicted octanol–water partition coefficient (Wildman–Crippen LogP) is 1.42. The van der Waals surface area contributed by atoms with Crippen molar-refractivity contribution in [2.24, 2.45) is 0 Å². The molecule has 9 heteroatoms. The Balaban J connectivity index is 1.96. The molecule has 1 amide bonds. The van der Waals surface area contributed by atoms with Gasteiger partial charge >= 0.3 is 0 Å². The summed E-state index contributed by atoms with van der Waals surface area (Å²) in [6, 6.07) is 7.74. The first kappa shape index (κ1) is 16.9. The second-order valence-electron chi connectivity index (χ2n) is 5.53. The van der Waals surface area contributed by atoms with Gasteiger partial charge in [-0.2, -0.15) is 9.40 Å². The highest BCUT2D eigenvalue weighted by Crippen LogP contribution is 2.30. The molecule has 3 rings (SSSR count). The Hall–Kier alpha value is -1.90. The molecule has 2 heterocycles. The highest BCUT2D eigenvalue weighted by atomic mass is 35.5. The molecule has 0 saturated heterocycles. The van der Waals surface area contributed by atoms with Crippen molar-refractivity contribution in [3.8, 4) is 0 Å². The summed E-state index contributed by atoms with van der Waals surface area (Å²) in [7, 11) is -2.21. The minimum Gasteiger partial charge on any atom is -0.359 e. The average Bonchev–Trinajstić information content (AvgIpc) is 3.03. The van der Waals surface area contributed by atoms with Crippen LogP contribution in [0.4, 0.5) is 0 Å². The molecule has 1 N–H and O–H groups in total. The largest absolute Gasteiger partial charge is 0.359 e. The highest BCUT2D eigenvalue weighted by molar-refractivity contribution is 7.89. The topological polar surface area (TPSA) is 84.3 Å². The van der Waals surface area contributed by atoms with Crippen molar-refractivity contribution in [2.75, 3.05) is 13.6 Å². The average molecular weight is 369 g/mol. The van der Waals surface area contributed by atoms with E-state index in [-0.39, 0.29) is 41.4 Å². The van der Waals surface area contributed by atoms with Gasteiger partial charge in [-0.15, -0.1) is 0 Å². The Labute approximate surface area is 145 Å². The number of halogens is 1. The molecular weight excluding hydrogens is 352 g/mol. The number of carbonyl (C=O) groups excluding carboxylic acids is 1. The standard InChI is InChI=1S/C15H17ClN4O3S/c1-17-15(21)8-12-10-19(9-11-6-7-18-20(11)12)24(22,23)14-5-3-2-4-13(14)16/h2-7,12H,8-10H2,1H3,(H,17,21)/t12-/m0/s1. The van der Waals surface area contributed by atoms with Crippen LogP contribution in [-0.4, -0.2) is 42.0 Å². The van der Waals surface area contributed by atoms with Crippen LogP contribution >= 0.6 is 11.6 Å². The van der Waals surface area contributed by atoms with Gasteiger partial charge in [0, 0.05) is 19.8 Å². The van der Waals surface area contributed by atoms with Crippen LogP contribution < -0.4 is 5.32 Å². The Bertz CT molecular complexity index is 865. The summed E-state index contributed by atoms with van der Waals surface area (Å²) in [4.78, 5) is 11.8. The fourth-order valence-corrected chi connectivity index (χ4v) is 4.74. The van der Waals surface area contributed by atoms with Crippen molar-refractivity contribution < 1.29 is 13.2 Å². The normalized spacial score (nSPS) is 18.2. The van der Waals surface area contributed by atoms with Crippen LogP contribution in [0.3, 0.4) is 0 Å². The lowest BCUT2D eigenvalue weighted by atomic mass is 10.1. The Kier molecular flexibility index (Phi) is 4.62. The molecule has 0 fully saturated rings. The molecule has 1 aliphatic rings. The molecule has 7 nitrogen and oxygen atoms in total. The molecule has 0 unspecified atom stereocenters. The van der Waals surface area contributed by atoms with Crippen LogP contribution in [0.1, 0.15) is 18.2 Å². The van der Waals surface area contributed by atoms with E-state index in [1.807, 2.05) is 0 Å². The van der Waals surface area contributed by atoms with Crippen molar-refractivity contribution in [1.82, 2.24) is 19.4 Å². The summed E-state index contributed by atoms with van der Waals surface area (Å²) < 4.78 is 29.0. The zero-order chi connectivity index (χ0) is 17.3. The molecule has 0 radical (unpaired) electrons. The van der Waals surface area contributed by atoms with E-state index in [0.29, 0.717) is 0 Å². The van der Waals surface area contributed by atoms with Crippen LogP contribution in [0.25, 0.3) is 0 Å². The van der Waals surface area contributed by atoms with E-state index in [4.69, 9.17) is 11.6 Å². The third-order valence-electron chi connectivity index (χ3n) is 4.01. The van der Waals surface area contributed by atoms with Gasteiger partial charge in [0.05, 0.1) is 29.7 Å². The van der Waals surface area contributed by atoms with Crippen molar-refractivity contribution in [2.45, 2.75) is 23.9 Å². The summed E-state index contributed by atoms with van der Waals surface area (Å²) in [6.07, 6.45) is 1.76. The van der Waals surface area contributed by atoms with Crippen molar-refractivity contribution in [3.05, 3.63) is 47.2 Å². The van der Waals surface area contributed by atoms with E-state index in [1.54, 1.807) is 42.2 Å². The number of amides is 1. The third-order valence-corrected chi connectivity index (χ3v) is 6.32. The summed E-state index contributed by atoms with van der Waals surface area (Å²) in [5, 5.41) is 6.96. The Morgan fingerprint density at radius 3 is 2.83 bits per heavy atom. The van der Waals surface area contributed by atoms with E-state index < -0.39 is 10.0 Å². The fraction of sp³-hybridized carbons (Fsp3) is 0.333. The van der Waals surface area contributed by atoms with E-state index in [1.165, 1.54) is 10.4 Å². The number of nitrogens with one attached hydrogen (secondary N) is 1. The molecule has 0 aliphatic carbocycles. The predicted molar refractivity (Wildman–Crippen MR) is 89.0 cm³/mol. The lowest BCUT2D eigenvalue weighted by molar-refractivity contribution is -0.121. The molecule has 0 spiro atoms. The summed E-state index contributed by atoms with van der Waals surface area (Å²) in [5.41, 5.74) is 0.741. The first-order valence-corrected chi connectivity index (χ1v) is 9.23. The molecule has 24 heavy (non-hydrogen) atoms. The van der Waals surface area contributed by atoms with E-state index >= 15 is 0 Å². The molecule has 1 aliphatic heterocycles. The number of nitrogens with zero attached hydrogens (tertiary/aromatic N) is 3. The minimum absolute atomic E-state index is 0.0679. The zero-order valence-corrected chi connectivity index (χ0v) is 14.6. The lowest BCUT2D eigenvalue weighted by Gasteiger charge is -2.33. The molecule has 1 aromatic heterocycles. The van der Waals surface area contributed by atoms with Crippen molar-refractivity contribution >= 4 is 27.5 Å². The number of carbonyl (C=O) groups is 1. The van der Waals surface area contributed by atoms with Gasteiger partial charge in [-0.05, 0) is 18.2 Å². The maximum Gasteiger partial charge on any atom is 0.244 e. The number of benzene rings is 1. The monoisotopic (exact) mass is 368 g/mol. The Morgan fingerprint density at radius 1 is 1.38 bits per heavy atom. The van der Waals surface area contributed by atoms with E-state index in [0.717, 1.165) is 5.69 Å².